The molecule has 160 valence electrons. The number of carbonyl (C=O) groups is 2. The molecule has 0 saturated heterocycles. The fraction of sp³-hybridized carbons (Fsp3) is 0.308. The molecule has 1 heterocycles. The minimum atomic E-state index is -0.211. The van der Waals surface area contributed by atoms with Gasteiger partial charge in [0.15, 0.2) is 0 Å². The molecule has 0 bridgehead atoms. The van der Waals surface area contributed by atoms with Crippen molar-refractivity contribution in [2.45, 2.75) is 38.6 Å². The summed E-state index contributed by atoms with van der Waals surface area (Å²) >= 11 is 1.64. The Bertz CT molecular complexity index is 1070. The lowest BCUT2D eigenvalue weighted by molar-refractivity contribution is 0.0802. The van der Waals surface area contributed by atoms with E-state index in [1.165, 1.54) is 24.0 Å². The molecule has 31 heavy (non-hydrogen) atoms. The summed E-state index contributed by atoms with van der Waals surface area (Å²) in [7, 11) is 1.76. The Kier molecular flexibility index (Phi) is 6.52. The Balaban J connectivity index is 1.61. The van der Waals surface area contributed by atoms with Gasteiger partial charge in [0.25, 0.3) is 11.8 Å². The van der Waals surface area contributed by atoms with Crippen molar-refractivity contribution in [3.05, 3.63) is 92.7 Å². The van der Waals surface area contributed by atoms with Crippen LogP contribution >= 0.6 is 11.3 Å². The average Bonchev–Trinajstić information content (AvgIpc) is 3.35. The first-order valence-electron chi connectivity index (χ1n) is 10.9. The minimum absolute atomic E-state index is 0.0818. The quantitative estimate of drug-likeness (QED) is 0.579. The summed E-state index contributed by atoms with van der Waals surface area (Å²) in [6, 6.07) is 17.5. The maximum Gasteiger partial charge on any atom is 0.253 e. The lowest BCUT2D eigenvalue weighted by Gasteiger charge is -2.22. The molecule has 1 N–H and O–H groups in total. The van der Waals surface area contributed by atoms with Crippen molar-refractivity contribution in [3.63, 3.8) is 0 Å². The van der Waals surface area contributed by atoms with Gasteiger partial charge in [0.2, 0.25) is 0 Å². The zero-order valence-corrected chi connectivity index (χ0v) is 18.9. The van der Waals surface area contributed by atoms with Crippen LogP contribution < -0.4 is 5.32 Å². The van der Waals surface area contributed by atoms with Gasteiger partial charge >= 0.3 is 0 Å². The van der Waals surface area contributed by atoms with E-state index in [1.807, 2.05) is 18.4 Å². The SMILES string of the molecule is CCN(C)C(=O)c1cccc(C(=O)NC(c2ccc3c(c2)CCCC3)c2cccs2)c1. The third kappa shape index (κ3) is 4.72. The smallest absolute Gasteiger partial charge is 0.253 e. The molecule has 0 radical (unpaired) electrons. The number of hydrogen-bond donors (Lipinski definition) is 1. The summed E-state index contributed by atoms with van der Waals surface area (Å²) in [5.74, 6) is -0.258. The highest BCUT2D eigenvalue weighted by Gasteiger charge is 2.21. The van der Waals surface area contributed by atoms with Gasteiger partial charge in [-0.25, -0.2) is 0 Å². The van der Waals surface area contributed by atoms with Crippen LogP contribution in [0.1, 0.15) is 68.1 Å². The monoisotopic (exact) mass is 432 g/mol. The molecular formula is C26H28N2O2S. The Hall–Kier alpha value is -2.92. The summed E-state index contributed by atoms with van der Waals surface area (Å²) in [5, 5.41) is 5.25. The van der Waals surface area contributed by atoms with Gasteiger partial charge in [0.1, 0.15) is 0 Å². The molecule has 3 aromatic rings. The number of nitrogens with one attached hydrogen (secondary N) is 1. The summed E-state index contributed by atoms with van der Waals surface area (Å²) in [6.07, 6.45) is 4.71. The standard InChI is InChI=1S/C26H28N2O2S/c1-3-28(2)26(30)22-11-6-10-21(17-22)25(29)27-24(23-12-7-15-31-23)20-14-13-18-8-4-5-9-19(18)16-20/h6-7,10-17,24H,3-5,8-9H2,1-2H3,(H,27,29). The van der Waals surface area contributed by atoms with E-state index >= 15 is 0 Å². The van der Waals surface area contributed by atoms with Crippen LogP contribution in [0.3, 0.4) is 0 Å². The van der Waals surface area contributed by atoms with Crippen LogP contribution in [0.25, 0.3) is 0 Å². The molecule has 1 aliphatic carbocycles. The zero-order chi connectivity index (χ0) is 21.8. The van der Waals surface area contributed by atoms with Crippen LogP contribution in [0.15, 0.2) is 60.0 Å². The lowest BCUT2D eigenvalue weighted by Crippen LogP contribution is -2.30. The van der Waals surface area contributed by atoms with Crippen molar-refractivity contribution in [1.82, 2.24) is 10.2 Å². The van der Waals surface area contributed by atoms with E-state index < -0.39 is 0 Å². The summed E-state index contributed by atoms with van der Waals surface area (Å²) in [6.45, 7) is 2.55. The minimum Gasteiger partial charge on any atom is -0.342 e. The van der Waals surface area contributed by atoms with Crippen molar-refractivity contribution in [3.8, 4) is 0 Å². The second kappa shape index (κ2) is 9.48. The number of thiophene rings is 1. The van der Waals surface area contributed by atoms with Crippen molar-refractivity contribution in [2.24, 2.45) is 0 Å². The molecule has 0 saturated carbocycles. The fourth-order valence-corrected chi connectivity index (χ4v) is 4.88. The van der Waals surface area contributed by atoms with Gasteiger partial charge in [-0.3, -0.25) is 9.59 Å². The molecule has 1 aliphatic rings. The van der Waals surface area contributed by atoms with Crippen molar-refractivity contribution in [2.75, 3.05) is 13.6 Å². The zero-order valence-electron chi connectivity index (χ0n) is 18.1. The van der Waals surface area contributed by atoms with Gasteiger partial charge in [-0.15, -0.1) is 11.3 Å². The first kappa shape index (κ1) is 21.3. The van der Waals surface area contributed by atoms with E-state index in [0.29, 0.717) is 17.7 Å². The van der Waals surface area contributed by atoms with E-state index in [0.717, 1.165) is 23.3 Å². The number of nitrogens with zero attached hydrogens (tertiary/aromatic N) is 1. The Morgan fingerprint density at radius 1 is 1.00 bits per heavy atom. The second-order valence-electron chi connectivity index (χ2n) is 8.06. The van der Waals surface area contributed by atoms with E-state index in [-0.39, 0.29) is 17.9 Å². The van der Waals surface area contributed by atoms with Crippen LogP contribution in [0, 0.1) is 0 Å². The fourth-order valence-electron chi connectivity index (χ4n) is 4.08. The number of rotatable bonds is 6. The number of aryl methyl sites for hydroxylation is 2. The van der Waals surface area contributed by atoms with Crippen molar-refractivity contribution < 1.29 is 9.59 Å². The summed E-state index contributed by atoms with van der Waals surface area (Å²) in [5.41, 5.74) is 4.95. The predicted octanol–water partition coefficient (Wildman–Crippen LogP) is 5.24. The van der Waals surface area contributed by atoms with Gasteiger partial charge in [-0.2, -0.15) is 0 Å². The molecule has 1 aromatic heterocycles. The molecule has 0 aliphatic heterocycles. The summed E-state index contributed by atoms with van der Waals surface area (Å²) < 4.78 is 0. The average molecular weight is 433 g/mol. The molecule has 2 amide bonds. The number of carbonyl (C=O) groups excluding carboxylic acids is 2. The number of hydrogen-bond acceptors (Lipinski definition) is 3. The normalized spacial score (nSPS) is 13.9. The Morgan fingerprint density at radius 3 is 2.52 bits per heavy atom. The van der Waals surface area contributed by atoms with E-state index in [9.17, 15) is 9.59 Å². The maximum absolute atomic E-state index is 13.2. The van der Waals surface area contributed by atoms with E-state index in [1.54, 1.807) is 47.5 Å². The van der Waals surface area contributed by atoms with Crippen LogP contribution in [0.5, 0.6) is 0 Å². The number of amides is 2. The van der Waals surface area contributed by atoms with Crippen LogP contribution in [0.4, 0.5) is 0 Å². The first-order chi connectivity index (χ1) is 15.1. The number of benzene rings is 2. The van der Waals surface area contributed by atoms with E-state index in [2.05, 4.69) is 29.6 Å². The van der Waals surface area contributed by atoms with Gasteiger partial charge in [-0.05, 0) is 78.9 Å². The first-order valence-corrected chi connectivity index (χ1v) is 11.8. The molecule has 0 spiro atoms. The molecule has 1 unspecified atom stereocenters. The topological polar surface area (TPSA) is 49.4 Å². The van der Waals surface area contributed by atoms with Crippen LogP contribution in [0.2, 0.25) is 0 Å². The van der Waals surface area contributed by atoms with Crippen LogP contribution in [-0.2, 0) is 12.8 Å². The Labute approximate surface area is 187 Å². The second-order valence-corrected chi connectivity index (χ2v) is 9.04. The molecule has 4 rings (SSSR count). The van der Waals surface area contributed by atoms with Gasteiger partial charge in [0.05, 0.1) is 6.04 Å². The highest BCUT2D eigenvalue weighted by atomic mass is 32.1. The highest BCUT2D eigenvalue weighted by molar-refractivity contribution is 7.10. The molecule has 4 nitrogen and oxygen atoms in total. The molecule has 2 aromatic carbocycles. The molecule has 5 heteroatoms. The molecule has 0 fully saturated rings. The van der Waals surface area contributed by atoms with Crippen LogP contribution in [-0.4, -0.2) is 30.3 Å². The van der Waals surface area contributed by atoms with Gasteiger partial charge < -0.3 is 10.2 Å². The van der Waals surface area contributed by atoms with Gasteiger partial charge in [-0.1, -0.05) is 30.3 Å². The Morgan fingerprint density at radius 2 is 1.77 bits per heavy atom. The van der Waals surface area contributed by atoms with Crippen molar-refractivity contribution in [1.29, 1.82) is 0 Å². The molecular weight excluding hydrogens is 404 g/mol. The van der Waals surface area contributed by atoms with E-state index in [4.69, 9.17) is 0 Å². The van der Waals surface area contributed by atoms with Gasteiger partial charge in [0, 0.05) is 29.6 Å². The lowest BCUT2D eigenvalue weighted by atomic mass is 9.89. The predicted molar refractivity (Wildman–Crippen MR) is 126 cm³/mol. The highest BCUT2D eigenvalue weighted by Crippen LogP contribution is 2.30. The third-order valence-electron chi connectivity index (χ3n) is 6.00. The van der Waals surface area contributed by atoms with Crippen molar-refractivity contribution >= 4 is 23.2 Å². The summed E-state index contributed by atoms with van der Waals surface area (Å²) in [4.78, 5) is 28.4. The number of fused-ring (bicyclic) bond motifs is 1. The molecule has 1 atom stereocenters. The largest absolute Gasteiger partial charge is 0.342 e. The third-order valence-corrected chi connectivity index (χ3v) is 6.94. The maximum atomic E-state index is 13.2.